The van der Waals surface area contributed by atoms with Gasteiger partial charge in [0.25, 0.3) is 0 Å². The number of rotatable bonds is 3. The molecule has 1 aromatic carbocycles. The smallest absolute Gasteiger partial charge is 0.345 e. The van der Waals surface area contributed by atoms with E-state index in [0.717, 1.165) is 17.1 Å². The first-order valence-corrected chi connectivity index (χ1v) is 7.62. The molecule has 0 N–H and O–H groups in total. The highest BCUT2D eigenvalue weighted by atomic mass is 16.5. The van der Waals surface area contributed by atoms with Crippen LogP contribution in [0.25, 0.3) is 0 Å². The molecule has 0 atom stereocenters. The lowest BCUT2D eigenvalue weighted by Crippen LogP contribution is -2.36. The largest absolute Gasteiger partial charge is 0.497 e. The third-order valence-electron chi connectivity index (χ3n) is 4.13. The van der Waals surface area contributed by atoms with E-state index >= 15 is 0 Å². The summed E-state index contributed by atoms with van der Waals surface area (Å²) in [7, 11) is 3.26. The summed E-state index contributed by atoms with van der Waals surface area (Å²) >= 11 is 0. The zero-order valence-electron chi connectivity index (χ0n) is 13.4. The highest BCUT2D eigenvalue weighted by molar-refractivity contribution is 5.79. The molecule has 23 heavy (non-hydrogen) atoms. The molecule has 0 spiro atoms. The van der Waals surface area contributed by atoms with Gasteiger partial charge in [-0.3, -0.25) is 9.36 Å². The van der Waals surface area contributed by atoms with Crippen LogP contribution >= 0.6 is 0 Å². The summed E-state index contributed by atoms with van der Waals surface area (Å²) in [5.41, 5.74) is 0.800. The predicted octanol–water partition coefficient (Wildman–Crippen LogP) is 0.218. The number of ether oxygens (including phenoxy) is 1. The molecule has 0 fully saturated rings. The number of hydrogen-bond acceptors (Lipinski definition) is 4. The van der Waals surface area contributed by atoms with Crippen LogP contribution in [0.1, 0.15) is 11.4 Å². The molecule has 7 nitrogen and oxygen atoms in total. The quantitative estimate of drug-likeness (QED) is 0.812. The molecule has 1 aromatic heterocycles. The number of methoxy groups -OCH3 is 1. The Bertz CT molecular complexity index is 778. The maximum absolute atomic E-state index is 12.5. The first-order valence-electron chi connectivity index (χ1n) is 7.62. The van der Waals surface area contributed by atoms with Crippen LogP contribution in [-0.4, -0.2) is 45.4 Å². The van der Waals surface area contributed by atoms with E-state index in [1.54, 1.807) is 23.6 Å². The van der Waals surface area contributed by atoms with E-state index in [0.29, 0.717) is 32.5 Å². The number of carbonyl (C=O) groups excluding carboxylic acids is 1. The number of carbonyl (C=O) groups is 1. The van der Waals surface area contributed by atoms with Crippen molar-refractivity contribution in [2.45, 2.75) is 19.4 Å². The fourth-order valence-corrected chi connectivity index (χ4v) is 2.85. The van der Waals surface area contributed by atoms with Crippen molar-refractivity contribution < 1.29 is 9.53 Å². The fraction of sp³-hybridized carbons (Fsp3) is 0.438. The van der Waals surface area contributed by atoms with Gasteiger partial charge in [-0.25, -0.2) is 9.48 Å². The molecule has 7 heteroatoms. The molecule has 122 valence electrons. The van der Waals surface area contributed by atoms with Gasteiger partial charge in [0.1, 0.15) is 11.6 Å². The summed E-state index contributed by atoms with van der Waals surface area (Å²) in [4.78, 5) is 26.3. The summed E-state index contributed by atoms with van der Waals surface area (Å²) in [6, 6.07) is 7.52. The number of benzene rings is 1. The van der Waals surface area contributed by atoms with Crippen molar-refractivity contribution in [1.82, 2.24) is 19.2 Å². The fourth-order valence-electron chi connectivity index (χ4n) is 2.85. The number of fused-ring (bicyclic) bond motifs is 1. The summed E-state index contributed by atoms with van der Waals surface area (Å²) in [5.74, 6) is 1.55. The van der Waals surface area contributed by atoms with Crippen LogP contribution in [0.3, 0.4) is 0 Å². The Morgan fingerprint density at radius 3 is 2.91 bits per heavy atom. The highest BCUT2D eigenvalue weighted by Gasteiger charge is 2.21. The van der Waals surface area contributed by atoms with Crippen molar-refractivity contribution >= 4 is 5.91 Å². The minimum absolute atomic E-state index is 0.0563. The molecule has 0 saturated carbocycles. The Balaban J connectivity index is 1.68. The van der Waals surface area contributed by atoms with Gasteiger partial charge in [0.15, 0.2) is 0 Å². The molecule has 0 radical (unpaired) electrons. The summed E-state index contributed by atoms with van der Waals surface area (Å²) in [6.45, 7) is 1.60. The van der Waals surface area contributed by atoms with Gasteiger partial charge in [-0.15, -0.1) is 0 Å². The first kappa shape index (κ1) is 15.3. The molecule has 0 saturated heterocycles. The number of amides is 1. The second-order valence-electron chi connectivity index (χ2n) is 5.63. The molecule has 1 aliphatic rings. The second kappa shape index (κ2) is 6.28. The van der Waals surface area contributed by atoms with Gasteiger partial charge in [-0.1, -0.05) is 12.1 Å². The molecular formula is C16H20N4O3. The van der Waals surface area contributed by atoms with E-state index in [1.165, 1.54) is 4.68 Å². The molecule has 2 heterocycles. The molecule has 0 aliphatic carbocycles. The van der Waals surface area contributed by atoms with Gasteiger partial charge in [-0.2, -0.15) is 5.10 Å². The molecule has 0 bridgehead atoms. The van der Waals surface area contributed by atoms with Crippen LogP contribution < -0.4 is 10.4 Å². The van der Waals surface area contributed by atoms with Gasteiger partial charge in [0.2, 0.25) is 5.91 Å². The normalized spacial score (nSPS) is 14.3. The Hall–Kier alpha value is -2.57. The molecule has 3 rings (SSSR count). The van der Waals surface area contributed by atoms with Crippen LogP contribution in [0.5, 0.6) is 5.75 Å². The lowest BCUT2D eigenvalue weighted by Gasteiger charge is -2.20. The van der Waals surface area contributed by atoms with Crippen LogP contribution in [-0.2, 0) is 31.2 Å². The monoisotopic (exact) mass is 316 g/mol. The summed E-state index contributed by atoms with van der Waals surface area (Å²) in [6.07, 6.45) is 0.928. The topological polar surface area (TPSA) is 69.4 Å². The minimum Gasteiger partial charge on any atom is -0.497 e. The van der Waals surface area contributed by atoms with E-state index in [1.807, 2.05) is 24.3 Å². The average Bonchev–Trinajstić information content (AvgIpc) is 2.72. The lowest BCUT2D eigenvalue weighted by molar-refractivity contribution is -0.130. The van der Waals surface area contributed by atoms with Crippen LogP contribution in [0.15, 0.2) is 29.1 Å². The van der Waals surface area contributed by atoms with Crippen molar-refractivity contribution in [3.05, 3.63) is 46.1 Å². The zero-order valence-corrected chi connectivity index (χ0v) is 13.4. The molecule has 0 unspecified atom stereocenters. The van der Waals surface area contributed by atoms with E-state index in [4.69, 9.17) is 4.74 Å². The van der Waals surface area contributed by atoms with Crippen molar-refractivity contribution in [3.8, 4) is 5.75 Å². The van der Waals surface area contributed by atoms with E-state index in [9.17, 15) is 9.59 Å². The van der Waals surface area contributed by atoms with E-state index in [2.05, 4.69) is 5.10 Å². The Morgan fingerprint density at radius 1 is 1.30 bits per heavy atom. The summed E-state index contributed by atoms with van der Waals surface area (Å²) < 4.78 is 8.19. The first-order chi connectivity index (χ1) is 11.1. The number of aromatic nitrogens is 3. The Labute approximate surface area is 134 Å². The number of hydrogen-bond donors (Lipinski definition) is 0. The van der Waals surface area contributed by atoms with Crippen molar-refractivity contribution in [2.75, 3.05) is 20.2 Å². The predicted molar refractivity (Wildman–Crippen MR) is 84.5 cm³/mol. The van der Waals surface area contributed by atoms with Gasteiger partial charge in [0, 0.05) is 33.1 Å². The van der Waals surface area contributed by atoms with Gasteiger partial charge < -0.3 is 9.64 Å². The van der Waals surface area contributed by atoms with Crippen LogP contribution in [0, 0.1) is 0 Å². The molecular weight excluding hydrogens is 296 g/mol. The van der Waals surface area contributed by atoms with Crippen LogP contribution in [0.4, 0.5) is 0 Å². The Kier molecular flexibility index (Phi) is 4.18. The molecule has 1 amide bonds. The van der Waals surface area contributed by atoms with Gasteiger partial charge in [0.05, 0.1) is 13.5 Å². The molecule has 2 aromatic rings. The Morgan fingerprint density at radius 2 is 2.13 bits per heavy atom. The maximum atomic E-state index is 12.5. The average molecular weight is 316 g/mol. The number of nitrogens with zero attached hydrogens (tertiary/aromatic N) is 4. The van der Waals surface area contributed by atoms with Crippen molar-refractivity contribution in [3.63, 3.8) is 0 Å². The van der Waals surface area contributed by atoms with E-state index < -0.39 is 0 Å². The van der Waals surface area contributed by atoms with Crippen LogP contribution in [0.2, 0.25) is 0 Å². The third kappa shape index (κ3) is 3.13. The standard InChI is InChI=1S/C16H20N4O3/c1-18-16(22)20-9-8-19(7-6-14(20)17-18)15(21)11-12-4-3-5-13(10-12)23-2/h3-5,10H,6-9,11H2,1-2H3. The minimum atomic E-state index is -0.123. The van der Waals surface area contributed by atoms with E-state index in [-0.39, 0.29) is 11.6 Å². The molecule has 1 aliphatic heterocycles. The maximum Gasteiger partial charge on any atom is 0.345 e. The van der Waals surface area contributed by atoms with Gasteiger partial charge >= 0.3 is 5.69 Å². The second-order valence-corrected chi connectivity index (χ2v) is 5.63. The van der Waals surface area contributed by atoms with Crippen molar-refractivity contribution in [2.24, 2.45) is 7.05 Å². The number of aryl methyl sites for hydroxylation is 1. The van der Waals surface area contributed by atoms with Crippen molar-refractivity contribution in [1.29, 1.82) is 0 Å². The lowest BCUT2D eigenvalue weighted by atomic mass is 10.1. The van der Waals surface area contributed by atoms with Gasteiger partial charge in [-0.05, 0) is 17.7 Å². The zero-order chi connectivity index (χ0) is 16.4. The third-order valence-corrected chi connectivity index (χ3v) is 4.13. The SMILES string of the molecule is COc1cccc(CC(=O)N2CCc3nn(C)c(=O)n3CC2)c1. The highest BCUT2D eigenvalue weighted by Crippen LogP contribution is 2.14. The summed E-state index contributed by atoms with van der Waals surface area (Å²) in [5, 5.41) is 4.22.